The van der Waals surface area contributed by atoms with Crippen molar-refractivity contribution in [1.29, 1.82) is 0 Å². The molecule has 1 aliphatic heterocycles. The van der Waals surface area contributed by atoms with E-state index in [1.807, 2.05) is 10.6 Å². The number of benzene rings is 2. The monoisotopic (exact) mass is 552 g/mol. The molecule has 6 rings (SSSR count). The summed E-state index contributed by atoms with van der Waals surface area (Å²) in [7, 11) is 0. The maximum absolute atomic E-state index is 13.6. The van der Waals surface area contributed by atoms with Gasteiger partial charge in [-0.1, -0.05) is 53.8 Å². The predicted molar refractivity (Wildman–Crippen MR) is 136 cm³/mol. The third-order valence-corrected chi connectivity index (χ3v) is 8.48. The minimum atomic E-state index is -0.0709. The number of fused-ring (bicyclic) bond motifs is 3. The molecule has 1 aliphatic carbocycles. The summed E-state index contributed by atoms with van der Waals surface area (Å²) in [5.41, 5.74) is 5.95. The first-order chi connectivity index (χ1) is 15.2. The van der Waals surface area contributed by atoms with E-state index in [0.717, 1.165) is 33.4 Å². The van der Waals surface area contributed by atoms with E-state index in [9.17, 15) is 4.79 Å². The lowest BCUT2D eigenvalue weighted by molar-refractivity contribution is 0.593. The Morgan fingerprint density at radius 1 is 1.03 bits per heavy atom. The molecule has 0 amide bonds. The lowest BCUT2D eigenvalue weighted by Crippen LogP contribution is -2.38. The van der Waals surface area contributed by atoms with Crippen LogP contribution in [0.1, 0.15) is 34.0 Å². The maximum atomic E-state index is 13.6. The highest BCUT2D eigenvalue weighted by Gasteiger charge is 2.32. The van der Waals surface area contributed by atoms with Crippen molar-refractivity contribution in [3.63, 3.8) is 0 Å². The summed E-state index contributed by atoms with van der Waals surface area (Å²) < 4.78 is 3.83. The Balaban J connectivity index is 1.62. The van der Waals surface area contributed by atoms with Gasteiger partial charge in [0, 0.05) is 14.0 Å². The summed E-state index contributed by atoms with van der Waals surface area (Å²) in [6.07, 6.45) is 3.90. The topological polar surface area (TPSA) is 34.4 Å². The molecule has 1 atom stereocenters. The zero-order valence-corrected chi connectivity index (χ0v) is 20.2. The molecule has 0 radical (unpaired) electrons. The number of hydrogen-bond acceptors (Lipinski definition) is 4. The van der Waals surface area contributed by atoms with Crippen LogP contribution in [0.25, 0.3) is 11.8 Å². The zero-order chi connectivity index (χ0) is 20.9. The van der Waals surface area contributed by atoms with E-state index >= 15 is 0 Å². The second-order valence-corrected chi connectivity index (χ2v) is 10.9. The van der Waals surface area contributed by atoms with Gasteiger partial charge in [-0.3, -0.25) is 9.36 Å². The van der Waals surface area contributed by atoms with E-state index in [1.165, 1.54) is 36.5 Å². The van der Waals surface area contributed by atoms with Crippen LogP contribution in [0.5, 0.6) is 0 Å². The lowest BCUT2D eigenvalue weighted by Gasteiger charge is -2.30. The first-order valence-electron chi connectivity index (χ1n) is 10.1. The Hall–Kier alpha value is -2.29. The van der Waals surface area contributed by atoms with Gasteiger partial charge in [0.05, 0.1) is 16.3 Å². The summed E-state index contributed by atoms with van der Waals surface area (Å²) in [5.74, 6) is 0. The van der Waals surface area contributed by atoms with Crippen LogP contribution in [0.3, 0.4) is 0 Å². The van der Waals surface area contributed by atoms with Crippen molar-refractivity contribution in [2.24, 2.45) is 4.99 Å². The Bertz CT molecular complexity index is 1510. The second-order valence-electron chi connectivity index (χ2n) is 7.68. The molecule has 2 aromatic carbocycles. The number of hydrogen-bond donors (Lipinski definition) is 0. The van der Waals surface area contributed by atoms with Crippen LogP contribution >= 0.6 is 45.3 Å². The van der Waals surface area contributed by atoms with Gasteiger partial charge < -0.3 is 0 Å². The summed E-state index contributed by atoms with van der Waals surface area (Å²) in [6, 6.07) is 20.9. The number of thiophene rings is 1. The van der Waals surface area contributed by atoms with Gasteiger partial charge in [-0.2, -0.15) is 0 Å². The molecule has 0 N–H and O–H groups in total. The Kier molecular flexibility index (Phi) is 4.81. The fourth-order valence-corrected chi connectivity index (χ4v) is 6.64. The molecule has 0 saturated carbocycles. The van der Waals surface area contributed by atoms with E-state index in [2.05, 4.69) is 88.6 Å². The fraction of sp³-hybridized carbons (Fsp3) is 0.120. The Morgan fingerprint density at radius 3 is 2.68 bits per heavy atom. The van der Waals surface area contributed by atoms with Crippen molar-refractivity contribution < 1.29 is 0 Å². The van der Waals surface area contributed by atoms with E-state index in [4.69, 9.17) is 4.99 Å². The molecule has 0 saturated heterocycles. The average molecular weight is 552 g/mol. The highest BCUT2D eigenvalue weighted by molar-refractivity contribution is 14.1. The first-order valence-corrected chi connectivity index (χ1v) is 12.9. The van der Waals surface area contributed by atoms with Gasteiger partial charge in [-0.05, 0) is 81.8 Å². The average Bonchev–Trinajstić information content (AvgIpc) is 3.43. The number of rotatable bonds is 2. The van der Waals surface area contributed by atoms with Crippen LogP contribution in [0.2, 0.25) is 0 Å². The normalized spacial score (nSPS) is 17.7. The molecule has 6 heteroatoms. The quantitative estimate of drug-likeness (QED) is 0.323. The van der Waals surface area contributed by atoms with Gasteiger partial charge in [0.2, 0.25) is 0 Å². The second kappa shape index (κ2) is 7.69. The maximum Gasteiger partial charge on any atom is 0.271 e. The van der Waals surface area contributed by atoms with Gasteiger partial charge >= 0.3 is 0 Å². The molecular formula is C25H17IN2OS2. The number of aromatic nitrogens is 1. The number of allylic oxidation sites excluding steroid dienone is 1. The molecule has 2 aromatic heterocycles. The van der Waals surface area contributed by atoms with Gasteiger partial charge in [-0.25, -0.2) is 4.99 Å². The molecule has 1 unspecified atom stereocenters. The lowest BCUT2D eigenvalue weighted by atomic mass is 9.85. The van der Waals surface area contributed by atoms with Crippen LogP contribution in [0.4, 0.5) is 0 Å². The van der Waals surface area contributed by atoms with Gasteiger partial charge in [0.15, 0.2) is 4.80 Å². The Labute approximate surface area is 200 Å². The number of nitrogens with zero attached hydrogens (tertiary/aromatic N) is 2. The number of aryl methyl sites for hydroxylation is 1. The standard InChI is InChI=1S/C25H17IN2OS2/c26-17-10-7-15(8-11-17)14-21-24(29)28-23(20-6-3-13-30-20)19-12-9-16-4-1-2-5-18(16)22(19)27-25(28)31-21/h1-8,10-11,13-14,23H,9,12H2. The summed E-state index contributed by atoms with van der Waals surface area (Å²) in [4.78, 5) is 20.6. The highest BCUT2D eigenvalue weighted by atomic mass is 127. The van der Waals surface area contributed by atoms with Gasteiger partial charge in [0.1, 0.15) is 0 Å². The minimum Gasteiger partial charge on any atom is -0.271 e. The molecule has 0 spiro atoms. The SMILES string of the molecule is O=c1c(=Cc2ccc(I)cc2)sc2n1C(c1cccs1)C1=C(N=2)c2ccccc2CC1. The predicted octanol–water partition coefficient (Wildman–Crippen LogP) is 4.98. The molecule has 0 fully saturated rings. The highest BCUT2D eigenvalue weighted by Crippen LogP contribution is 2.42. The summed E-state index contributed by atoms with van der Waals surface area (Å²) >= 11 is 5.50. The zero-order valence-electron chi connectivity index (χ0n) is 16.4. The van der Waals surface area contributed by atoms with E-state index in [0.29, 0.717) is 0 Å². The van der Waals surface area contributed by atoms with Crippen LogP contribution < -0.4 is 14.9 Å². The largest absolute Gasteiger partial charge is 0.271 e. The third kappa shape index (κ3) is 3.28. The van der Waals surface area contributed by atoms with Gasteiger partial charge in [0.25, 0.3) is 5.56 Å². The summed E-state index contributed by atoms with van der Waals surface area (Å²) in [6.45, 7) is 0. The molecule has 4 aromatic rings. The van der Waals surface area contributed by atoms with E-state index < -0.39 is 0 Å². The smallest absolute Gasteiger partial charge is 0.271 e. The minimum absolute atomic E-state index is 0.0473. The molecule has 152 valence electrons. The fourth-order valence-electron chi connectivity index (χ4n) is 4.43. The van der Waals surface area contributed by atoms with Crippen LogP contribution in [-0.4, -0.2) is 4.57 Å². The van der Waals surface area contributed by atoms with Crippen molar-refractivity contribution in [2.45, 2.75) is 18.9 Å². The summed E-state index contributed by atoms with van der Waals surface area (Å²) in [5, 5.41) is 2.09. The van der Waals surface area contributed by atoms with Crippen LogP contribution in [0, 0.1) is 3.57 Å². The molecule has 3 heterocycles. The van der Waals surface area contributed by atoms with E-state index in [-0.39, 0.29) is 11.6 Å². The molecule has 31 heavy (non-hydrogen) atoms. The van der Waals surface area contributed by atoms with Gasteiger partial charge in [-0.15, -0.1) is 11.3 Å². The molecular weight excluding hydrogens is 535 g/mol. The third-order valence-electron chi connectivity index (χ3n) is 5.85. The molecule has 0 bridgehead atoms. The Morgan fingerprint density at radius 2 is 1.87 bits per heavy atom. The van der Waals surface area contributed by atoms with Crippen molar-refractivity contribution in [1.82, 2.24) is 4.57 Å². The van der Waals surface area contributed by atoms with E-state index in [1.54, 1.807) is 11.3 Å². The molecule has 3 nitrogen and oxygen atoms in total. The van der Waals surface area contributed by atoms with Crippen molar-refractivity contribution >= 4 is 57.0 Å². The number of thiazole rings is 1. The molecule has 2 aliphatic rings. The van der Waals surface area contributed by atoms with Crippen molar-refractivity contribution in [2.75, 3.05) is 0 Å². The van der Waals surface area contributed by atoms with Crippen LogP contribution in [0.15, 0.2) is 81.4 Å². The number of halogens is 1. The van der Waals surface area contributed by atoms with Crippen molar-refractivity contribution in [3.8, 4) is 0 Å². The van der Waals surface area contributed by atoms with Crippen LogP contribution in [-0.2, 0) is 6.42 Å². The first kappa shape index (κ1) is 19.4. The van der Waals surface area contributed by atoms with Crippen molar-refractivity contribution in [3.05, 3.63) is 116 Å².